The number of hydrogen-bond acceptors (Lipinski definition) is 8. The maximum atomic E-state index is 14.6. The van der Waals surface area contributed by atoms with Gasteiger partial charge in [0.05, 0.1) is 18.3 Å². The van der Waals surface area contributed by atoms with Gasteiger partial charge in [-0.05, 0) is 54.9 Å². The van der Waals surface area contributed by atoms with Crippen molar-refractivity contribution in [3.63, 3.8) is 0 Å². The van der Waals surface area contributed by atoms with E-state index in [2.05, 4.69) is 31.2 Å². The van der Waals surface area contributed by atoms with Crippen LogP contribution < -0.4 is 21.3 Å². The van der Waals surface area contributed by atoms with Crippen molar-refractivity contribution in [2.75, 3.05) is 6.54 Å². The Morgan fingerprint density at radius 1 is 0.923 bits per heavy atom. The molecule has 4 rings (SSSR count). The van der Waals surface area contributed by atoms with Crippen LogP contribution in [0.5, 0.6) is 0 Å². The van der Waals surface area contributed by atoms with E-state index in [1.807, 2.05) is 71.9 Å². The first kappa shape index (κ1) is 40.1. The molecule has 13 heteroatoms. The Morgan fingerprint density at radius 2 is 1.63 bits per heavy atom. The first-order chi connectivity index (χ1) is 24.7. The lowest BCUT2D eigenvalue weighted by molar-refractivity contribution is -0.146. The Labute approximate surface area is 306 Å². The largest absolute Gasteiger partial charge is 0.344 e. The molecule has 282 valence electrons. The van der Waals surface area contributed by atoms with Gasteiger partial charge in [0.15, 0.2) is 0 Å². The summed E-state index contributed by atoms with van der Waals surface area (Å²) in [5.74, 6) is -3.81. The van der Waals surface area contributed by atoms with E-state index in [1.165, 1.54) is 18.6 Å². The van der Waals surface area contributed by atoms with Gasteiger partial charge in [0.2, 0.25) is 23.5 Å². The van der Waals surface area contributed by atoms with Gasteiger partial charge >= 0.3 is 0 Å². The predicted molar refractivity (Wildman–Crippen MR) is 195 cm³/mol. The number of ketones is 1. The molecule has 1 unspecified atom stereocenters. The fourth-order valence-electron chi connectivity index (χ4n) is 7.31. The van der Waals surface area contributed by atoms with Gasteiger partial charge in [0, 0.05) is 18.9 Å². The second-order valence-electron chi connectivity index (χ2n) is 15.3. The minimum Gasteiger partial charge on any atom is -0.344 e. The standard InChI is InChI=1S/C39H55N7O6/c1-8-14-28(32(47)37(51)42-24(4)25-15-11-10-12-16-25)43-36(50)31-27-18-13-17-26(27)22-46(31)38(52)33(39(5,6)7)45-35(49)30(23(3)9-2)44-34(48)29-21-40-19-20-41-29/h10-12,15-16,19-21,23-24,26-28,30-31,33H,8-9,13-14,17-18,22H2,1-7H3,(H,42,51)(H,43,50)(H,44,48)(H,45,49)/t23?,24-,26-,27-,28-,30-,31-,33+/m0/s1. The fourth-order valence-corrected chi connectivity index (χ4v) is 7.31. The van der Waals surface area contributed by atoms with E-state index in [0.29, 0.717) is 19.4 Å². The van der Waals surface area contributed by atoms with Crippen LogP contribution >= 0.6 is 0 Å². The first-order valence-electron chi connectivity index (χ1n) is 18.6. The van der Waals surface area contributed by atoms with Gasteiger partial charge in [-0.15, -0.1) is 0 Å². The minimum absolute atomic E-state index is 0.0626. The van der Waals surface area contributed by atoms with Crippen molar-refractivity contribution in [2.45, 2.75) is 117 Å². The number of carbonyl (C=O) groups excluding carboxylic acids is 6. The van der Waals surface area contributed by atoms with Crippen LogP contribution in [0.4, 0.5) is 0 Å². The van der Waals surface area contributed by atoms with Crippen molar-refractivity contribution in [1.29, 1.82) is 0 Å². The Kier molecular flexibility index (Phi) is 13.6. The highest BCUT2D eigenvalue weighted by molar-refractivity contribution is 6.38. The van der Waals surface area contributed by atoms with Gasteiger partial charge in [-0.1, -0.05) is 91.1 Å². The van der Waals surface area contributed by atoms with E-state index in [0.717, 1.165) is 24.8 Å². The zero-order valence-electron chi connectivity index (χ0n) is 31.5. The molecule has 4 N–H and O–H groups in total. The average molecular weight is 718 g/mol. The number of nitrogens with one attached hydrogen (secondary N) is 4. The maximum Gasteiger partial charge on any atom is 0.290 e. The van der Waals surface area contributed by atoms with Crippen molar-refractivity contribution in [1.82, 2.24) is 36.1 Å². The molecule has 0 spiro atoms. The number of hydrogen-bond donors (Lipinski definition) is 4. The van der Waals surface area contributed by atoms with Crippen LogP contribution in [-0.2, 0) is 24.0 Å². The molecule has 2 aliphatic rings. The van der Waals surface area contributed by atoms with Crippen LogP contribution in [0, 0.1) is 23.2 Å². The molecule has 13 nitrogen and oxygen atoms in total. The highest BCUT2D eigenvalue weighted by Crippen LogP contribution is 2.43. The molecule has 1 aliphatic carbocycles. The number of Topliss-reactive ketones (excluding diaryl/α,β-unsaturated/α-hetero) is 1. The van der Waals surface area contributed by atoms with Crippen molar-refractivity contribution in [2.24, 2.45) is 23.2 Å². The van der Waals surface area contributed by atoms with Gasteiger partial charge in [-0.25, -0.2) is 4.98 Å². The van der Waals surface area contributed by atoms with Gasteiger partial charge in [-0.2, -0.15) is 0 Å². The van der Waals surface area contributed by atoms with E-state index < -0.39 is 70.9 Å². The Bertz CT molecular complexity index is 1580. The normalized spacial score (nSPS) is 21.1. The van der Waals surface area contributed by atoms with Crippen LogP contribution in [-0.4, -0.2) is 80.9 Å². The van der Waals surface area contributed by atoms with Crippen molar-refractivity contribution in [3.05, 3.63) is 60.2 Å². The van der Waals surface area contributed by atoms with E-state index in [1.54, 1.807) is 11.8 Å². The lowest BCUT2D eigenvalue weighted by atomic mass is 9.84. The maximum absolute atomic E-state index is 14.6. The molecular weight excluding hydrogens is 662 g/mol. The molecule has 1 aliphatic heterocycles. The molecule has 5 amide bonds. The minimum atomic E-state index is -1.06. The first-order valence-corrected chi connectivity index (χ1v) is 18.6. The van der Waals surface area contributed by atoms with Crippen molar-refractivity contribution >= 4 is 35.3 Å². The van der Waals surface area contributed by atoms with Gasteiger partial charge in [0.1, 0.15) is 23.8 Å². The SMILES string of the molecule is CCC[C@H](NC(=O)[C@@H]1[C@H]2CCC[C@H]2CN1C(=O)[C@@H](NC(=O)[C@@H](NC(=O)c1cnccn1)C(C)CC)C(C)(C)C)C(=O)C(=O)N[C@@H](C)c1ccccc1. The van der Waals surface area contributed by atoms with E-state index in [9.17, 15) is 28.8 Å². The highest BCUT2D eigenvalue weighted by atomic mass is 16.2. The molecule has 2 aromatic rings. The third kappa shape index (κ3) is 9.60. The molecule has 2 heterocycles. The average Bonchev–Trinajstić information content (AvgIpc) is 3.73. The monoisotopic (exact) mass is 717 g/mol. The van der Waals surface area contributed by atoms with Gasteiger partial charge < -0.3 is 26.2 Å². The smallest absolute Gasteiger partial charge is 0.290 e. The number of nitrogens with zero attached hydrogens (tertiary/aromatic N) is 3. The van der Waals surface area contributed by atoms with Crippen molar-refractivity contribution in [3.8, 4) is 0 Å². The summed E-state index contributed by atoms with van der Waals surface area (Å²) in [5, 5.41) is 11.3. The van der Waals surface area contributed by atoms with E-state index in [-0.39, 0.29) is 29.9 Å². The summed E-state index contributed by atoms with van der Waals surface area (Å²) in [6.45, 7) is 13.3. The quantitative estimate of drug-likeness (QED) is 0.202. The van der Waals surface area contributed by atoms with Gasteiger partial charge in [0.25, 0.3) is 11.8 Å². The summed E-state index contributed by atoms with van der Waals surface area (Å²) in [6, 6.07) is 4.93. The third-order valence-electron chi connectivity index (χ3n) is 10.5. The summed E-state index contributed by atoms with van der Waals surface area (Å²) in [5.41, 5.74) is 0.137. The fraction of sp³-hybridized carbons (Fsp3) is 0.590. The lowest BCUT2D eigenvalue weighted by Crippen LogP contribution is -2.62. The van der Waals surface area contributed by atoms with Crippen LogP contribution in [0.3, 0.4) is 0 Å². The number of fused-ring (bicyclic) bond motifs is 1. The number of benzene rings is 1. The summed E-state index contributed by atoms with van der Waals surface area (Å²) in [4.78, 5) is 91.9. The summed E-state index contributed by atoms with van der Waals surface area (Å²) >= 11 is 0. The van der Waals surface area contributed by atoms with Crippen LogP contribution in [0.1, 0.15) is 109 Å². The summed E-state index contributed by atoms with van der Waals surface area (Å²) in [7, 11) is 0. The number of likely N-dealkylation sites (tertiary alicyclic amines) is 1. The van der Waals surface area contributed by atoms with Crippen molar-refractivity contribution < 1.29 is 28.8 Å². The molecule has 52 heavy (non-hydrogen) atoms. The van der Waals surface area contributed by atoms with Crippen LogP contribution in [0.15, 0.2) is 48.9 Å². The second kappa shape index (κ2) is 17.7. The molecule has 1 saturated heterocycles. The Morgan fingerprint density at radius 3 is 2.25 bits per heavy atom. The highest BCUT2D eigenvalue weighted by Gasteiger charge is 2.52. The lowest BCUT2D eigenvalue weighted by Gasteiger charge is -2.37. The molecule has 0 radical (unpaired) electrons. The summed E-state index contributed by atoms with van der Waals surface area (Å²) < 4.78 is 0. The Hall–Kier alpha value is -4.68. The second-order valence-corrected chi connectivity index (χ2v) is 15.3. The predicted octanol–water partition coefficient (Wildman–Crippen LogP) is 3.51. The van der Waals surface area contributed by atoms with E-state index in [4.69, 9.17) is 0 Å². The third-order valence-corrected chi connectivity index (χ3v) is 10.5. The van der Waals surface area contributed by atoms with Crippen LogP contribution in [0.2, 0.25) is 0 Å². The molecule has 1 aromatic heterocycles. The molecule has 1 aromatic carbocycles. The Balaban J connectivity index is 1.54. The van der Waals surface area contributed by atoms with Crippen LogP contribution in [0.25, 0.3) is 0 Å². The zero-order valence-corrected chi connectivity index (χ0v) is 31.5. The number of carbonyl (C=O) groups is 6. The molecule has 2 fully saturated rings. The van der Waals surface area contributed by atoms with E-state index >= 15 is 0 Å². The molecule has 0 bridgehead atoms. The number of rotatable bonds is 15. The zero-order chi connectivity index (χ0) is 38.2. The molecule has 8 atom stereocenters. The van der Waals surface area contributed by atoms with Gasteiger partial charge in [-0.3, -0.25) is 33.8 Å². The number of amides is 5. The topological polar surface area (TPSA) is 180 Å². The summed E-state index contributed by atoms with van der Waals surface area (Å²) in [6.07, 6.45) is 8.03. The number of aromatic nitrogens is 2. The molecule has 1 saturated carbocycles. The molecular formula is C39H55N7O6.